The summed E-state index contributed by atoms with van der Waals surface area (Å²) in [6, 6.07) is 0.0815. The van der Waals surface area contributed by atoms with Gasteiger partial charge in [-0.1, -0.05) is 6.92 Å². The van der Waals surface area contributed by atoms with Gasteiger partial charge in [0.2, 0.25) is 0 Å². The fourth-order valence-corrected chi connectivity index (χ4v) is 10.6. The lowest BCUT2D eigenvalue weighted by Crippen LogP contribution is -2.84. The Labute approximate surface area is 166 Å². The molecule has 9 aliphatic rings. The number of ether oxygens (including phenoxy) is 3. The largest absolute Gasteiger partial charge is 0.392 e. The molecule has 2 N–H and O–H groups in total. The van der Waals surface area contributed by atoms with Gasteiger partial charge in [0.1, 0.15) is 17.4 Å². The van der Waals surface area contributed by atoms with Crippen molar-refractivity contribution >= 4 is 0 Å². The highest BCUT2D eigenvalue weighted by molar-refractivity contribution is 5.39. The summed E-state index contributed by atoms with van der Waals surface area (Å²) >= 11 is 0. The summed E-state index contributed by atoms with van der Waals surface area (Å²) in [4.78, 5) is 2.49. The molecule has 0 radical (unpaired) electrons. The van der Waals surface area contributed by atoms with Crippen LogP contribution in [0.3, 0.4) is 0 Å². The monoisotopic (exact) mass is 391 g/mol. The van der Waals surface area contributed by atoms with Crippen LogP contribution in [0.2, 0.25) is 0 Å². The van der Waals surface area contributed by atoms with Crippen molar-refractivity contribution in [2.75, 3.05) is 20.8 Å². The molecule has 5 aliphatic carbocycles. The van der Waals surface area contributed by atoms with Crippen LogP contribution in [0.25, 0.3) is 0 Å². The minimum atomic E-state index is -0.948. The second kappa shape index (κ2) is 4.97. The molecule has 0 amide bonds. The molecular weight excluding hydrogens is 358 g/mol. The van der Waals surface area contributed by atoms with Crippen LogP contribution in [0.5, 0.6) is 0 Å². The first-order valence-electron chi connectivity index (χ1n) is 11.4. The summed E-state index contributed by atoms with van der Waals surface area (Å²) in [5.41, 5.74) is -1.71. The number of hydrogen-bond donors (Lipinski definition) is 2. The van der Waals surface area contributed by atoms with Gasteiger partial charge in [-0.25, -0.2) is 0 Å². The van der Waals surface area contributed by atoms with Gasteiger partial charge in [0, 0.05) is 43.8 Å². The molecule has 9 rings (SSSR count). The quantitative estimate of drug-likeness (QED) is 0.748. The van der Waals surface area contributed by atoms with E-state index in [0.717, 1.165) is 25.8 Å². The lowest BCUT2D eigenvalue weighted by atomic mass is 9.44. The van der Waals surface area contributed by atoms with Crippen molar-refractivity contribution in [3.05, 3.63) is 0 Å². The van der Waals surface area contributed by atoms with Crippen LogP contribution in [0.4, 0.5) is 0 Å². The Bertz CT molecular complexity index is 734. The molecule has 156 valence electrons. The number of aliphatic hydroxyl groups is 2. The number of aliphatic hydroxyl groups excluding tert-OH is 1. The SMILES string of the molecule is CCN1[C@@H]2O[C@H]3CC[C@@H]2[C@H]2C[C@@]4(O)[C@@H]1[C@@]32[C@@H]1C[C@H]2[C@H](O)[C@@H]1[C@]4(OC)C[C@@H]2OC. The van der Waals surface area contributed by atoms with E-state index in [1.54, 1.807) is 14.2 Å². The van der Waals surface area contributed by atoms with E-state index in [1.807, 2.05) is 0 Å². The number of nitrogens with zero attached hydrogens (tertiary/aromatic N) is 1. The molecular formula is C22H33NO5. The summed E-state index contributed by atoms with van der Waals surface area (Å²) in [5.74, 6) is 1.48. The Balaban J connectivity index is 1.52. The summed E-state index contributed by atoms with van der Waals surface area (Å²) in [6.45, 7) is 3.10. The third-order valence-corrected chi connectivity index (χ3v) is 11.0. The Morgan fingerprint density at radius 3 is 2.68 bits per heavy atom. The average Bonchev–Trinajstić information content (AvgIpc) is 3.09. The van der Waals surface area contributed by atoms with Crippen LogP contribution in [0, 0.1) is 35.0 Å². The van der Waals surface area contributed by atoms with E-state index >= 15 is 0 Å². The smallest absolute Gasteiger partial charge is 0.114 e. The molecule has 0 aromatic carbocycles. The van der Waals surface area contributed by atoms with E-state index in [0.29, 0.717) is 24.2 Å². The van der Waals surface area contributed by atoms with Crippen LogP contribution >= 0.6 is 0 Å². The Hall–Kier alpha value is -0.240. The number of fused-ring (bicyclic) bond motifs is 3. The number of likely N-dealkylation sites (N-methyl/N-ethyl adjacent to an activating group) is 1. The van der Waals surface area contributed by atoms with Gasteiger partial charge in [-0.05, 0) is 44.1 Å². The molecule has 4 aliphatic heterocycles. The minimum Gasteiger partial charge on any atom is -0.392 e. The third-order valence-electron chi connectivity index (χ3n) is 11.0. The van der Waals surface area contributed by atoms with Gasteiger partial charge in [0.15, 0.2) is 0 Å². The van der Waals surface area contributed by atoms with Gasteiger partial charge >= 0.3 is 0 Å². The van der Waals surface area contributed by atoms with E-state index in [2.05, 4.69) is 11.8 Å². The van der Waals surface area contributed by atoms with Crippen molar-refractivity contribution in [1.82, 2.24) is 4.90 Å². The summed E-state index contributed by atoms with van der Waals surface area (Å²) in [6.07, 6.45) is 4.65. The van der Waals surface area contributed by atoms with E-state index < -0.39 is 17.3 Å². The van der Waals surface area contributed by atoms with Crippen LogP contribution in [0.15, 0.2) is 0 Å². The lowest BCUT2D eigenvalue weighted by molar-refractivity contribution is -0.386. The molecule has 4 heterocycles. The maximum absolute atomic E-state index is 12.6. The number of piperidine rings is 1. The van der Waals surface area contributed by atoms with E-state index in [9.17, 15) is 10.2 Å². The van der Waals surface area contributed by atoms with Crippen molar-refractivity contribution in [1.29, 1.82) is 0 Å². The van der Waals surface area contributed by atoms with Crippen LogP contribution < -0.4 is 0 Å². The molecule has 1 spiro atoms. The van der Waals surface area contributed by atoms with Crippen LogP contribution in [-0.2, 0) is 14.2 Å². The molecule has 5 saturated carbocycles. The standard InChI is InChI=1S/C22H33NO5/c1-4-23-18-10-5-6-15(28-18)22-12-7-11-14(26-2)9-21(27-3,16(12)17(11)24)20(25,19(22)23)8-13(10)22/h10-19,24-25H,4-9H2,1-3H3/t10-,11-,12-,13-,14+,15+,16-,17+,18-,19-,20-,21-,22-/m1/s1. The molecule has 6 heteroatoms. The summed E-state index contributed by atoms with van der Waals surface area (Å²) in [5, 5.41) is 24.0. The molecule has 0 aromatic rings. The van der Waals surface area contributed by atoms with Crippen molar-refractivity contribution in [2.45, 2.75) is 80.8 Å². The first-order chi connectivity index (χ1) is 13.5. The van der Waals surface area contributed by atoms with Crippen molar-refractivity contribution < 1.29 is 24.4 Å². The number of methoxy groups -OCH3 is 2. The number of hydrogen-bond acceptors (Lipinski definition) is 6. The summed E-state index contributed by atoms with van der Waals surface area (Å²) < 4.78 is 18.9. The molecule has 9 fully saturated rings. The van der Waals surface area contributed by atoms with Crippen molar-refractivity contribution in [2.24, 2.45) is 35.0 Å². The maximum Gasteiger partial charge on any atom is 0.114 e. The zero-order valence-corrected chi connectivity index (χ0v) is 17.1. The van der Waals surface area contributed by atoms with Gasteiger partial charge in [0.25, 0.3) is 0 Å². The topological polar surface area (TPSA) is 71.4 Å². The fraction of sp³-hybridized carbons (Fsp3) is 1.00. The predicted octanol–water partition coefficient (Wildman–Crippen LogP) is 0.994. The predicted molar refractivity (Wildman–Crippen MR) is 99.3 cm³/mol. The highest BCUT2D eigenvalue weighted by atomic mass is 16.5. The van der Waals surface area contributed by atoms with Gasteiger partial charge in [-0.15, -0.1) is 0 Å². The molecule has 9 bridgehead atoms. The van der Waals surface area contributed by atoms with Gasteiger partial charge < -0.3 is 24.4 Å². The van der Waals surface area contributed by atoms with Gasteiger partial charge in [0.05, 0.1) is 24.4 Å². The van der Waals surface area contributed by atoms with Crippen molar-refractivity contribution in [3.8, 4) is 0 Å². The zero-order valence-electron chi connectivity index (χ0n) is 17.1. The van der Waals surface area contributed by atoms with E-state index in [-0.39, 0.29) is 41.7 Å². The molecule has 13 atom stereocenters. The second-order valence-electron chi connectivity index (χ2n) is 10.8. The first kappa shape index (κ1) is 17.4. The molecule has 28 heavy (non-hydrogen) atoms. The Kier molecular flexibility index (Phi) is 3.10. The third kappa shape index (κ3) is 1.39. The second-order valence-corrected chi connectivity index (χ2v) is 10.8. The number of rotatable bonds is 3. The molecule has 0 aromatic heterocycles. The van der Waals surface area contributed by atoms with Crippen molar-refractivity contribution in [3.63, 3.8) is 0 Å². The summed E-state index contributed by atoms with van der Waals surface area (Å²) in [7, 11) is 3.50. The molecule has 6 nitrogen and oxygen atoms in total. The fourth-order valence-electron chi connectivity index (χ4n) is 10.6. The molecule has 0 unspecified atom stereocenters. The maximum atomic E-state index is 12.6. The van der Waals surface area contributed by atoms with Crippen LogP contribution in [0.1, 0.15) is 39.0 Å². The van der Waals surface area contributed by atoms with E-state index in [1.165, 1.54) is 6.42 Å². The van der Waals surface area contributed by atoms with Crippen LogP contribution in [-0.4, -0.2) is 77.7 Å². The molecule has 4 saturated heterocycles. The van der Waals surface area contributed by atoms with Gasteiger partial charge in [-0.2, -0.15) is 0 Å². The van der Waals surface area contributed by atoms with E-state index in [4.69, 9.17) is 14.2 Å². The van der Waals surface area contributed by atoms with Gasteiger partial charge in [-0.3, -0.25) is 4.90 Å². The lowest BCUT2D eigenvalue weighted by Gasteiger charge is -2.74. The Morgan fingerprint density at radius 2 is 1.96 bits per heavy atom. The Morgan fingerprint density at radius 1 is 1.14 bits per heavy atom. The average molecular weight is 392 g/mol. The zero-order chi connectivity index (χ0) is 19.2. The minimum absolute atomic E-state index is 0.0154. The first-order valence-corrected chi connectivity index (χ1v) is 11.4. The highest BCUT2D eigenvalue weighted by Gasteiger charge is 2.89. The highest BCUT2D eigenvalue weighted by Crippen LogP contribution is 2.81. The normalized spacial score (nSPS) is 68.0.